The smallest absolute Gasteiger partial charge is 0.341 e. The van der Waals surface area contributed by atoms with Crippen LogP contribution in [-0.2, 0) is 0 Å². The van der Waals surface area contributed by atoms with Crippen LogP contribution < -0.4 is 10.5 Å². The number of aromatic nitrogens is 3. The number of hydrogen-bond acceptors (Lipinski definition) is 4. The first-order valence-electron chi connectivity index (χ1n) is 6.73. The van der Waals surface area contributed by atoms with Crippen molar-refractivity contribution in [2.75, 3.05) is 0 Å². The van der Waals surface area contributed by atoms with Crippen LogP contribution in [0.5, 0.6) is 11.8 Å². The van der Waals surface area contributed by atoms with Crippen molar-refractivity contribution in [3.8, 4) is 17.4 Å². The Kier molecular flexibility index (Phi) is 3.66. The fourth-order valence-corrected chi connectivity index (χ4v) is 1.97. The summed E-state index contributed by atoms with van der Waals surface area (Å²) < 4.78 is 7.34. The molecule has 106 valence electrons. The standard InChI is InChI=1S/C16H16N4O/c1-12(17)13-6-5-9-15(10-13)21-16-18-11-20(19-16)14-7-3-2-4-8-14/h2-12H,17H2,1H3. The van der Waals surface area contributed by atoms with E-state index in [4.69, 9.17) is 10.5 Å². The molecule has 3 aromatic rings. The second-order valence-electron chi connectivity index (χ2n) is 4.77. The molecule has 0 saturated carbocycles. The van der Waals surface area contributed by atoms with E-state index in [0.29, 0.717) is 11.8 Å². The first-order chi connectivity index (χ1) is 10.2. The van der Waals surface area contributed by atoms with Gasteiger partial charge < -0.3 is 10.5 Å². The van der Waals surface area contributed by atoms with Crippen molar-refractivity contribution in [2.24, 2.45) is 5.73 Å². The molecule has 21 heavy (non-hydrogen) atoms. The zero-order chi connectivity index (χ0) is 14.7. The molecule has 5 heteroatoms. The molecule has 2 aromatic carbocycles. The molecule has 1 aromatic heterocycles. The third-order valence-corrected chi connectivity index (χ3v) is 3.08. The maximum atomic E-state index is 5.87. The van der Waals surface area contributed by atoms with Crippen LogP contribution in [0.25, 0.3) is 5.69 Å². The largest absolute Gasteiger partial charge is 0.423 e. The van der Waals surface area contributed by atoms with E-state index < -0.39 is 0 Å². The second-order valence-corrected chi connectivity index (χ2v) is 4.77. The quantitative estimate of drug-likeness (QED) is 0.797. The van der Waals surface area contributed by atoms with Crippen LogP contribution in [0.2, 0.25) is 0 Å². The normalized spacial score (nSPS) is 12.1. The summed E-state index contributed by atoms with van der Waals surface area (Å²) in [5.41, 5.74) is 7.81. The molecule has 0 amide bonds. The molecular weight excluding hydrogens is 264 g/mol. The molecule has 0 aliphatic carbocycles. The van der Waals surface area contributed by atoms with E-state index in [1.54, 1.807) is 11.0 Å². The van der Waals surface area contributed by atoms with Crippen LogP contribution in [0.4, 0.5) is 0 Å². The minimum absolute atomic E-state index is 0.0385. The lowest BCUT2D eigenvalue weighted by atomic mass is 10.1. The number of nitrogens with zero attached hydrogens (tertiary/aromatic N) is 3. The van der Waals surface area contributed by atoms with E-state index in [2.05, 4.69) is 10.1 Å². The molecule has 2 N–H and O–H groups in total. The van der Waals surface area contributed by atoms with Gasteiger partial charge in [-0.1, -0.05) is 30.3 Å². The van der Waals surface area contributed by atoms with E-state index >= 15 is 0 Å². The number of nitrogens with two attached hydrogens (primary N) is 1. The summed E-state index contributed by atoms with van der Waals surface area (Å²) in [6, 6.07) is 17.7. The van der Waals surface area contributed by atoms with E-state index in [1.807, 2.05) is 61.5 Å². The zero-order valence-electron chi connectivity index (χ0n) is 11.7. The number of ether oxygens (including phenoxy) is 1. The van der Waals surface area contributed by atoms with Crippen molar-refractivity contribution in [3.63, 3.8) is 0 Å². The predicted octanol–water partition coefficient (Wildman–Crippen LogP) is 3.08. The average Bonchev–Trinajstić information content (AvgIpc) is 2.97. The van der Waals surface area contributed by atoms with E-state index in [1.165, 1.54) is 0 Å². The summed E-state index contributed by atoms with van der Waals surface area (Å²) in [4.78, 5) is 4.16. The first kappa shape index (κ1) is 13.3. The third kappa shape index (κ3) is 3.09. The highest BCUT2D eigenvalue weighted by atomic mass is 16.5. The highest BCUT2D eigenvalue weighted by molar-refractivity contribution is 5.33. The molecule has 5 nitrogen and oxygen atoms in total. The molecular formula is C16H16N4O. The fraction of sp³-hybridized carbons (Fsp3) is 0.125. The zero-order valence-corrected chi connectivity index (χ0v) is 11.7. The topological polar surface area (TPSA) is 66.0 Å². The molecule has 0 fully saturated rings. The van der Waals surface area contributed by atoms with Gasteiger partial charge in [-0.05, 0) is 36.8 Å². The van der Waals surface area contributed by atoms with E-state index in [-0.39, 0.29) is 6.04 Å². The highest BCUT2D eigenvalue weighted by Crippen LogP contribution is 2.21. The lowest BCUT2D eigenvalue weighted by Gasteiger charge is -2.07. The van der Waals surface area contributed by atoms with Gasteiger partial charge in [0.2, 0.25) is 0 Å². The molecule has 0 bridgehead atoms. The van der Waals surface area contributed by atoms with Gasteiger partial charge in [0.25, 0.3) is 0 Å². The SMILES string of the molecule is CC(N)c1cccc(Oc2ncn(-c3ccccc3)n2)c1. The average molecular weight is 280 g/mol. The van der Waals surface area contributed by atoms with Crippen molar-refractivity contribution in [1.82, 2.24) is 14.8 Å². The van der Waals surface area contributed by atoms with Gasteiger partial charge in [-0.25, -0.2) is 4.68 Å². The van der Waals surface area contributed by atoms with Gasteiger partial charge in [-0.15, -0.1) is 5.10 Å². The van der Waals surface area contributed by atoms with Crippen molar-refractivity contribution >= 4 is 0 Å². The van der Waals surface area contributed by atoms with E-state index in [9.17, 15) is 0 Å². The summed E-state index contributed by atoms with van der Waals surface area (Å²) in [7, 11) is 0. The van der Waals surface area contributed by atoms with Crippen LogP contribution in [-0.4, -0.2) is 14.8 Å². The Hall–Kier alpha value is -2.66. The van der Waals surface area contributed by atoms with Crippen molar-refractivity contribution in [1.29, 1.82) is 0 Å². The lowest BCUT2D eigenvalue weighted by molar-refractivity contribution is 0.440. The Balaban J connectivity index is 1.80. The number of rotatable bonds is 4. The minimum Gasteiger partial charge on any atom is -0.423 e. The van der Waals surface area contributed by atoms with Crippen LogP contribution in [0.15, 0.2) is 60.9 Å². The maximum Gasteiger partial charge on any atom is 0.341 e. The molecule has 0 spiro atoms. The number of hydrogen-bond donors (Lipinski definition) is 1. The van der Waals surface area contributed by atoms with Gasteiger partial charge in [0, 0.05) is 6.04 Å². The van der Waals surface area contributed by atoms with Gasteiger partial charge in [0.1, 0.15) is 12.1 Å². The van der Waals surface area contributed by atoms with E-state index in [0.717, 1.165) is 11.3 Å². The Morgan fingerprint density at radius 1 is 1.10 bits per heavy atom. The fourth-order valence-electron chi connectivity index (χ4n) is 1.97. The summed E-state index contributed by atoms with van der Waals surface area (Å²) in [5.74, 6) is 0.676. The summed E-state index contributed by atoms with van der Waals surface area (Å²) in [5, 5.41) is 4.30. The van der Waals surface area contributed by atoms with Crippen molar-refractivity contribution in [2.45, 2.75) is 13.0 Å². The Labute approximate surface area is 123 Å². The first-order valence-corrected chi connectivity index (χ1v) is 6.73. The molecule has 1 atom stereocenters. The van der Waals surface area contributed by atoms with Gasteiger partial charge in [0.15, 0.2) is 0 Å². The minimum atomic E-state index is -0.0385. The highest BCUT2D eigenvalue weighted by Gasteiger charge is 2.06. The molecule has 0 saturated heterocycles. The van der Waals surface area contributed by atoms with Crippen LogP contribution in [0.1, 0.15) is 18.5 Å². The Bertz CT molecular complexity index is 722. The number of benzene rings is 2. The van der Waals surface area contributed by atoms with Gasteiger partial charge >= 0.3 is 6.01 Å². The Morgan fingerprint density at radius 2 is 1.90 bits per heavy atom. The van der Waals surface area contributed by atoms with Crippen molar-refractivity contribution < 1.29 is 4.74 Å². The monoisotopic (exact) mass is 280 g/mol. The second kappa shape index (κ2) is 5.76. The summed E-state index contributed by atoms with van der Waals surface area (Å²) >= 11 is 0. The van der Waals surface area contributed by atoms with Crippen LogP contribution in [0.3, 0.4) is 0 Å². The molecule has 0 radical (unpaired) electrons. The molecule has 0 aliphatic heterocycles. The third-order valence-electron chi connectivity index (χ3n) is 3.08. The summed E-state index contributed by atoms with van der Waals surface area (Å²) in [6.07, 6.45) is 1.63. The summed E-state index contributed by atoms with van der Waals surface area (Å²) in [6.45, 7) is 1.93. The van der Waals surface area contributed by atoms with Crippen LogP contribution >= 0.6 is 0 Å². The molecule has 1 heterocycles. The van der Waals surface area contributed by atoms with Gasteiger partial charge in [0.05, 0.1) is 5.69 Å². The van der Waals surface area contributed by atoms with Gasteiger partial charge in [-0.3, -0.25) is 0 Å². The lowest BCUT2D eigenvalue weighted by Crippen LogP contribution is -2.04. The molecule has 1 unspecified atom stereocenters. The molecule has 0 aliphatic rings. The predicted molar refractivity (Wildman–Crippen MR) is 80.5 cm³/mol. The van der Waals surface area contributed by atoms with Crippen molar-refractivity contribution in [3.05, 3.63) is 66.5 Å². The number of para-hydroxylation sites is 1. The molecule has 3 rings (SSSR count). The Morgan fingerprint density at radius 3 is 2.67 bits per heavy atom. The maximum absolute atomic E-state index is 5.87. The van der Waals surface area contributed by atoms with Gasteiger partial charge in [-0.2, -0.15) is 4.98 Å². The van der Waals surface area contributed by atoms with Crippen LogP contribution in [0, 0.1) is 0 Å².